The van der Waals surface area contributed by atoms with E-state index in [9.17, 15) is 14.3 Å². The Kier molecular flexibility index (Phi) is 13.9. The minimum Gasteiger partial charge on any atom is -0.756 e. The highest BCUT2D eigenvalue weighted by Crippen LogP contribution is 2.38. The lowest BCUT2D eigenvalue weighted by atomic mass is 10.1. The summed E-state index contributed by atoms with van der Waals surface area (Å²) in [6.07, 6.45) is 7.97. The molecule has 0 aliphatic rings. The summed E-state index contributed by atoms with van der Waals surface area (Å²) in [5.41, 5.74) is 0.433. The molecule has 0 aromatic rings. The van der Waals surface area contributed by atoms with E-state index in [0.717, 1.165) is 44.9 Å². The van der Waals surface area contributed by atoms with Gasteiger partial charge in [0.25, 0.3) is 7.82 Å². The number of hydrogen-bond donors (Lipinski definition) is 0. The summed E-state index contributed by atoms with van der Waals surface area (Å²) >= 11 is 0. The van der Waals surface area contributed by atoms with Gasteiger partial charge in [0.2, 0.25) is 0 Å². The summed E-state index contributed by atoms with van der Waals surface area (Å²) in [7, 11) is 1.74. The van der Waals surface area contributed by atoms with Gasteiger partial charge in [-0.05, 0) is 19.8 Å². The van der Waals surface area contributed by atoms with Crippen molar-refractivity contribution in [3.63, 3.8) is 0 Å². The van der Waals surface area contributed by atoms with Gasteiger partial charge in [0.05, 0.1) is 34.4 Å². The van der Waals surface area contributed by atoms with Crippen LogP contribution in [0, 0.1) is 0 Å². The number of phosphoric acid groups is 1. The van der Waals surface area contributed by atoms with Gasteiger partial charge in [-0.25, -0.2) is 4.79 Å². The topological polar surface area (TPSA) is 84.9 Å². The Labute approximate surface area is 164 Å². The molecular formula is C19H38NO6P. The second-order valence-electron chi connectivity index (χ2n) is 7.87. The van der Waals surface area contributed by atoms with Crippen molar-refractivity contribution in [2.45, 2.75) is 58.3 Å². The Hall–Kier alpha value is -0.720. The second-order valence-corrected chi connectivity index (χ2v) is 9.28. The summed E-state index contributed by atoms with van der Waals surface area (Å²) in [5, 5.41) is 0. The Morgan fingerprint density at radius 1 is 0.889 bits per heavy atom. The van der Waals surface area contributed by atoms with Crippen LogP contribution >= 0.6 is 7.82 Å². The van der Waals surface area contributed by atoms with Gasteiger partial charge in [-0.2, -0.15) is 0 Å². The minimum atomic E-state index is -4.17. The summed E-state index contributed by atoms with van der Waals surface area (Å²) in [5.74, 6) is -0.321. The Morgan fingerprint density at radius 3 is 1.81 bits per heavy atom. The highest BCUT2D eigenvalue weighted by atomic mass is 31.2. The fraction of sp³-hybridized carbons (Fsp3) is 0.842. The third-order valence-corrected chi connectivity index (χ3v) is 4.88. The van der Waals surface area contributed by atoms with E-state index in [4.69, 9.17) is 13.8 Å². The zero-order valence-corrected chi connectivity index (χ0v) is 18.4. The SMILES string of the molecule is C=C(C)C(=O)OCCCCCCCCCCOP(=O)([O-])OCC[N+](C)(C)C. The summed E-state index contributed by atoms with van der Waals surface area (Å²) in [6, 6.07) is 0. The van der Waals surface area contributed by atoms with Crippen molar-refractivity contribution < 1.29 is 32.5 Å². The van der Waals surface area contributed by atoms with Gasteiger partial charge in [-0.15, -0.1) is 0 Å². The number of carbonyl (C=O) groups is 1. The number of esters is 1. The van der Waals surface area contributed by atoms with Gasteiger partial charge < -0.3 is 23.2 Å². The predicted molar refractivity (Wildman–Crippen MR) is 105 cm³/mol. The third-order valence-electron chi connectivity index (χ3n) is 3.88. The maximum Gasteiger partial charge on any atom is 0.333 e. The zero-order valence-electron chi connectivity index (χ0n) is 17.5. The lowest BCUT2D eigenvalue weighted by molar-refractivity contribution is -0.870. The van der Waals surface area contributed by atoms with Crippen LogP contribution in [0.1, 0.15) is 58.3 Å². The molecule has 0 aliphatic heterocycles. The summed E-state index contributed by atoms with van der Waals surface area (Å²) < 4.78 is 27.0. The zero-order chi connectivity index (χ0) is 20.8. The van der Waals surface area contributed by atoms with Gasteiger partial charge in [0.1, 0.15) is 13.2 Å². The van der Waals surface area contributed by atoms with Crippen LogP contribution < -0.4 is 4.89 Å². The molecule has 8 heteroatoms. The van der Waals surface area contributed by atoms with Crippen LogP contribution in [-0.2, 0) is 23.1 Å². The first-order valence-electron chi connectivity index (χ1n) is 9.77. The molecule has 0 amide bonds. The maximum atomic E-state index is 11.6. The quantitative estimate of drug-likeness (QED) is 0.121. The Bertz CT molecular complexity index is 475. The number of carbonyl (C=O) groups excluding carboxylic acids is 1. The summed E-state index contributed by atoms with van der Waals surface area (Å²) in [6.45, 7) is 6.55. The molecule has 7 nitrogen and oxygen atoms in total. The monoisotopic (exact) mass is 407 g/mol. The van der Waals surface area contributed by atoms with E-state index in [1.165, 1.54) is 0 Å². The number of hydrogen-bond acceptors (Lipinski definition) is 6. The van der Waals surface area contributed by atoms with Crippen LogP contribution in [0.2, 0.25) is 0 Å². The van der Waals surface area contributed by atoms with E-state index in [2.05, 4.69) is 6.58 Å². The molecule has 0 bridgehead atoms. The van der Waals surface area contributed by atoms with Crippen LogP contribution in [0.4, 0.5) is 0 Å². The molecule has 1 unspecified atom stereocenters. The lowest BCUT2D eigenvalue weighted by Crippen LogP contribution is -2.37. The van der Waals surface area contributed by atoms with Crippen molar-refractivity contribution in [2.24, 2.45) is 0 Å². The predicted octanol–water partition coefficient (Wildman–Crippen LogP) is 3.43. The first-order chi connectivity index (χ1) is 12.5. The molecule has 0 aliphatic carbocycles. The normalized spacial score (nSPS) is 14.0. The van der Waals surface area contributed by atoms with Crippen LogP contribution in [0.15, 0.2) is 12.2 Å². The average molecular weight is 407 g/mol. The smallest absolute Gasteiger partial charge is 0.333 e. The van der Waals surface area contributed by atoms with E-state index < -0.39 is 7.82 Å². The number of quaternary nitrogens is 1. The fourth-order valence-electron chi connectivity index (χ4n) is 2.19. The van der Waals surface area contributed by atoms with Crippen molar-refractivity contribution >= 4 is 13.8 Å². The molecule has 160 valence electrons. The van der Waals surface area contributed by atoms with E-state index in [0.29, 0.717) is 29.6 Å². The van der Waals surface area contributed by atoms with E-state index in [1.54, 1.807) is 6.92 Å². The molecule has 0 radical (unpaired) electrons. The van der Waals surface area contributed by atoms with Gasteiger partial charge in [-0.1, -0.05) is 45.1 Å². The molecule has 0 N–H and O–H groups in total. The van der Waals surface area contributed by atoms with Crippen molar-refractivity contribution in [3.8, 4) is 0 Å². The first-order valence-corrected chi connectivity index (χ1v) is 11.2. The van der Waals surface area contributed by atoms with Crippen LogP contribution in [0.5, 0.6) is 0 Å². The van der Waals surface area contributed by atoms with E-state index in [1.807, 2.05) is 21.1 Å². The molecule has 27 heavy (non-hydrogen) atoms. The molecule has 0 aromatic heterocycles. The standard InChI is InChI=1S/C19H38NO6P/c1-18(2)19(21)24-15-12-10-8-6-7-9-11-13-16-25-27(22,23)26-17-14-20(3,4)5/h1,6-17H2,2-5H3. The lowest BCUT2D eigenvalue weighted by Gasteiger charge is -2.27. The minimum absolute atomic E-state index is 0.136. The van der Waals surface area contributed by atoms with Crippen molar-refractivity contribution in [3.05, 3.63) is 12.2 Å². The molecule has 1 atom stereocenters. The highest BCUT2D eigenvalue weighted by molar-refractivity contribution is 7.45. The number of ether oxygens (including phenoxy) is 1. The first kappa shape index (κ1) is 26.3. The van der Waals surface area contributed by atoms with Crippen LogP contribution in [0.25, 0.3) is 0 Å². The molecule has 0 aromatic carbocycles. The van der Waals surface area contributed by atoms with Crippen molar-refractivity contribution in [1.82, 2.24) is 0 Å². The van der Waals surface area contributed by atoms with Crippen molar-refractivity contribution in [1.29, 1.82) is 0 Å². The number of rotatable bonds is 17. The number of phosphoric ester groups is 1. The number of likely N-dealkylation sites (N-methyl/N-ethyl adjacent to an activating group) is 1. The maximum absolute atomic E-state index is 11.6. The van der Waals surface area contributed by atoms with Gasteiger partial charge in [-0.3, -0.25) is 4.57 Å². The van der Waals surface area contributed by atoms with Gasteiger partial charge in [0.15, 0.2) is 0 Å². The molecule has 0 spiro atoms. The molecule has 0 saturated heterocycles. The van der Waals surface area contributed by atoms with E-state index >= 15 is 0 Å². The second kappa shape index (κ2) is 14.3. The summed E-state index contributed by atoms with van der Waals surface area (Å²) in [4.78, 5) is 22.8. The molecular weight excluding hydrogens is 369 g/mol. The fourth-order valence-corrected chi connectivity index (χ4v) is 2.93. The molecule has 0 saturated carbocycles. The number of unbranched alkanes of at least 4 members (excludes halogenated alkanes) is 7. The molecule has 0 heterocycles. The average Bonchev–Trinajstić information content (AvgIpc) is 2.53. The van der Waals surface area contributed by atoms with Crippen molar-refractivity contribution in [2.75, 3.05) is 47.5 Å². The van der Waals surface area contributed by atoms with Crippen LogP contribution in [-0.4, -0.2) is 58.0 Å². The highest BCUT2D eigenvalue weighted by Gasteiger charge is 2.12. The Morgan fingerprint density at radius 2 is 1.33 bits per heavy atom. The van der Waals surface area contributed by atoms with E-state index in [-0.39, 0.29) is 19.2 Å². The van der Waals surface area contributed by atoms with Crippen LogP contribution in [0.3, 0.4) is 0 Å². The van der Waals surface area contributed by atoms with Gasteiger partial charge >= 0.3 is 5.97 Å². The largest absolute Gasteiger partial charge is 0.756 e. The third kappa shape index (κ3) is 18.4. The number of nitrogens with zero attached hydrogens (tertiary/aromatic N) is 1. The Balaban J connectivity index is 3.43. The van der Waals surface area contributed by atoms with Gasteiger partial charge in [0, 0.05) is 5.57 Å². The molecule has 0 fully saturated rings. The molecule has 0 rings (SSSR count).